The lowest BCUT2D eigenvalue weighted by atomic mass is 10.0. The van der Waals surface area contributed by atoms with Crippen molar-refractivity contribution in [3.8, 4) is 5.75 Å². The second-order valence-corrected chi connectivity index (χ2v) is 7.81. The molecule has 6 heteroatoms. The van der Waals surface area contributed by atoms with Crippen LogP contribution in [0.15, 0.2) is 48.5 Å². The molecule has 1 aliphatic rings. The summed E-state index contributed by atoms with van der Waals surface area (Å²) in [6, 6.07) is 15.8. The molecule has 1 aliphatic heterocycles. The Morgan fingerprint density at radius 3 is 2.52 bits per heavy atom. The van der Waals surface area contributed by atoms with Gasteiger partial charge in [0.2, 0.25) is 11.8 Å². The molecule has 1 fully saturated rings. The third-order valence-corrected chi connectivity index (χ3v) is 5.91. The maximum atomic E-state index is 12.6. The van der Waals surface area contributed by atoms with E-state index in [4.69, 9.17) is 4.74 Å². The van der Waals surface area contributed by atoms with Crippen molar-refractivity contribution < 1.29 is 14.3 Å². The zero-order valence-corrected chi connectivity index (χ0v) is 18.8. The highest BCUT2D eigenvalue weighted by Crippen LogP contribution is 2.24. The van der Waals surface area contributed by atoms with E-state index in [1.165, 1.54) is 0 Å². The molecule has 0 aromatic heterocycles. The Kier molecular flexibility index (Phi) is 8.06. The lowest BCUT2D eigenvalue weighted by Gasteiger charge is -2.30. The van der Waals surface area contributed by atoms with Crippen molar-refractivity contribution in [1.29, 1.82) is 0 Å². The third-order valence-electron chi connectivity index (χ3n) is 5.91. The van der Waals surface area contributed by atoms with Crippen molar-refractivity contribution >= 4 is 17.5 Å². The highest BCUT2D eigenvalue weighted by atomic mass is 16.5. The first-order valence-corrected chi connectivity index (χ1v) is 11.1. The lowest BCUT2D eigenvalue weighted by Crippen LogP contribution is -2.38. The summed E-state index contributed by atoms with van der Waals surface area (Å²) in [5, 5.41) is 3.11. The van der Waals surface area contributed by atoms with Gasteiger partial charge >= 0.3 is 0 Å². The molecule has 2 aromatic carbocycles. The highest BCUT2D eigenvalue weighted by molar-refractivity contribution is 5.95. The monoisotopic (exact) mass is 423 g/mol. The minimum atomic E-state index is -0.00921. The normalized spacial score (nSPS) is 14.7. The van der Waals surface area contributed by atoms with Crippen molar-refractivity contribution in [3.63, 3.8) is 0 Å². The predicted molar refractivity (Wildman–Crippen MR) is 123 cm³/mol. The summed E-state index contributed by atoms with van der Waals surface area (Å²) in [6.07, 6.45) is 1.84. The van der Waals surface area contributed by atoms with Gasteiger partial charge in [0.05, 0.1) is 19.6 Å². The summed E-state index contributed by atoms with van der Waals surface area (Å²) in [5.41, 5.74) is 2.97. The Labute approximate surface area is 185 Å². The SMILES string of the molecule is CCN(CC)C(CNC(=O)Cc1ccc(N2CCCC2=O)cc1)c1cccc(OC)c1. The average molecular weight is 424 g/mol. The molecule has 0 saturated carbocycles. The fourth-order valence-corrected chi connectivity index (χ4v) is 4.14. The fraction of sp³-hybridized carbons (Fsp3) is 0.440. The largest absolute Gasteiger partial charge is 0.497 e. The molecular formula is C25H33N3O3. The van der Waals surface area contributed by atoms with Gasteiger partial charge in [-0.2, -0.15) is 0 Å². The van der Waals surface area contributed by atoms with Crippen LogP contribution in [0.4, 0.5) is 5.69 Å². The number of anilines is 1. The average Bonchev–Trinajstić information content (AvgIpc) is 3.23. The van der Waals surface area contributed by atoms with Crippen molar-refractivity contribution in [1.82, 2.24) is 10.2 Å². The number of ether oxygens (including phenoxy) is 1. The van der Waals surface area contributed by atoms with Gasteiger partial charge in [0.25, 0.3) is 0 Å². The van der Waals surface area contributed by atoms with Gasteiger partial charge in [-0.05, 0) is 54.9 Å². The van der Waals surface area contributed by atoms with Gasteiger partial charge < -0.3 is 15.0 Å². The zero-order chi connectivity index (χ0) is 22.2. The Balaban J connectivity index is 1.62. The molecule has 0 radical (unpaired) electrons. The van der Waals surface area contributed by atoms with Gasteiger partial charge in [-0.3, -0.25) is 14.5 Å². The highest BCUT2D eigenvalue weighted by Gasteiger charge is 2.22. The molecule has 3 rings (SSSR count). The van der Waals surface area contributed by atoms with E-state index in [1.807, 2.05) is 47.4 Å². The number of hydrogen-bond acceptors (Lipinski definition) is 4. The molecule has 31 heavy (non-hydrogen) atoms. The number of nitrogens with zero attached hydrogens (tertiary/aromatic N) is 2. The summed E-state index contributed by atoms with van der Waals surface area (Å²) >= 11 is 0. The Bertz CT molecular complexity index is 878. The van der Waals surface area contributed by atoms with E-state index in [1.54, 1.807) is 7.11 Å². The molecule has 6 nitrogen and oxygen atoms in total. The van der Waals surface area contributed by atoms with Crippen molar-refractivity contribution in [2.75, 3.05) is 38.2 Å². The van der Waals surface area contributed by atoms with Crippen molar-refractivity contribution in [3.05, 3.63) is 59.7 Å². The molecular weight excluding hydrogens is 390 g/mol. The molecule has 1 atom stereocenters. The van der Waals surface area contributed by atoms with Crippen molar-refractivity contribution in [2.45, 2.75) is 39.2 Å². The molecule has 1 saturated heterocycles. The number of methoxy groups -OCH3 is 1. The summed E-state index contributed by atoms with van der Waals surface area (Å²) in [7, 11) is 1.66. The molecule has 2 aromatic rings. The smallest absolute Gasteiger partial charge is 0.227 e. The number of rotatable bonds is 10. The van der Waals surface area contributed by atoms with E-state index in [9.17, 15) is 9.59 Å². The maximum absolute atomic E-state index is 12.6. The van der Waals surface area contributed by atoms with Crippen molar-refractivity contribution in [2.24, 2.45) is 0 Å². The van der Waals surface area contributed by atoms with Gasteiger partial charge in [-0.15, -0.1) is 0 Å². The molecule has 166 valence electrons. The van der Waals surface area contributed by atoms with Crippen LogP contribution in [0.1, 0.15) is 43.9 Å². The summed E-state index contributed by atoms with van der Waals surface area (Å²) in [5.74, 6) is 0.980. The molecule has 2 amide bonds. The number of carbonyl (C=O) groups is 2. The number of amides is 2. The minimum absolute atomic E-state index is 0.00921. The first-order valence-electron chi connectivity index (χ1n) is 11.1. The van der Waals surface area contributed by atoms with Gasteiger partial charge in [0.15, 0.2) is 0 Å². The van der Waals surface area contributed by atoms with E-state index in [0.717, 1.165) is 48.6 Å². The molecule has 1 heterocycles. The second kappa shape index (κ2) is 11.0. The van der Waals surface area contributed by atoms with E-state index < -0.39 is 0 Å². The Hall–Kier alpha value is -2.86. The van der Waals surface area contributed by atoms with E-state index in [2.05, 4.69) is 30.1 Å². The van der Waals surface area contributed by atoms with Crippen LogP contribution in [0.25, 0.3) is 0 Å². The second-order valence-electron chi connectivity index (χ2n) is 7.81. The Morgan fingerprint density at radius 2 is 1.90 bits per heavy atom. The number of likely N-dealkylation sites (N-methyl/N-ethyl adjacent to an activating group) is 1. The first-order chi connectivity index (χ1) is 15.0. The summed E-state index contributed by atoms with van der Waals surface area (Å²) < 4.78 is 5.38. The van der Waals surface area contributed by atoms with Gasteiger partial charge in [0.1, 0.15) is 5.75 Å². The molecule has 1 unspecified atom stereocenters. The van der Waals surface area contributed by atoms with Crippen LogP contribution in [-0.2, 0) is 16.0 Å². The van der Waals surface area contributed by atoms with E-state index in [0.29, 0.717) is 19.4 Å². The summed E-state index contributed by atoms with van der Waals surface area (Å²) in [6.45, 7) is 7.36. The number of carbonyl (C=O) groups excluding carboxylic acids is 2. The minimum Gasteiger partial charge on any atom is -0.497 e. The predicted octanol–water partition coefficient (Wildman–Crippen LogP) is 3.56. The molecule has 0 aliphatic carbocycles. The first kappa shape index (κ1) is 22.8. The van der Waals surface area contributed by atoms with Crippen LogP contribution in [0.5, 0.6) is 5.75 Å². The Morgan fingerprint density at radius 1 is 1.16 bits per heavy atom. The van der Waals surface area contributed by atoms with Crippen LogP contribution in [0.2, 0.25) is 0 Å². The van der Waals surface area contributed by atoms with E-state index >= 15 is 0 Å². The zero-order valence-electron chi connectivity index (χ0n) is 18.8. The number of nitrogens with one attached hydrogen (secondary N) is 1. The number of benzene rings is 2. The van der Waals surface area contributed by atoms with E-state index in [-0.39, 0.29) is 17.9 Å². The third kappa shape index (κ3) is 5.85. The lowest BCUT2D eigenvalue weighted by molar-refractivity contribution is -0.120. The topological polar surface area (TPSA) is 61.9 Å². The van der Waals surface area contributed by atoms with Crippen LogP contribution in [-0.4, -0.2) is 50.0 Å². The maximum Gasteiger partial charge on any atom is 0.227 e. The van der Waals surface area contributed by atoms with Crippen LogP contribution < -0.4 is 15.0 Å². The quantitative estimate of drug-likeness (QED) is 0.635. The fourth-order valence-electron chi connectivity index (χ4n) is 4.14. The molecule has 0 spiro atoms. The van der Waals surface area contributed by atoms with Gasteiger partial charge in [0, 0.05) is 25.2 Å². The molecule has 0 bridgehead atoms. The summed E-state index contributed by atoms with van der Waals surface area (Å²) in [4.78, 5) is 28.7. The van der Waals surface area contributed by atoms with Crippen LogP contribution >= 0.6 is 0 Å². The molecule has 1 N–H and O–H groups in total. The van der Waals surface area contributed by atoms with Crippen LogP contribution in [0, 0.1) is 0 Å². The number of hydrogen-bond donors (Lipinski definition) is 1. The standard InChI is InChI=1S/C25H33N3O3/c1-4-27(5-2)23(20-8-6-9-22(17-20)31-3)18-26-24(29)16-19-11-13-21(14-12-19)28-15-7-10-25(28)30/h6,8-9,11-14,17,23H,4-5,7,10,15-16,18H2,1-3H3,(H,26,29). The van der Waals surface area contributed by atoms with Gasteiger partial charge in [-0.1, -0.05) is 38.1 Å². The van der Waals surface area contributed by atoms with Crippen LogP contribution in [0.3, 0.4) is 0 Å². The van der Waals surface area contributed by atoms with Gasteiger partial charge in [-0.25, -0.2) is 0 Å².